The fraction of sp³-hybridized carbons (Fsp3) is 0.417. The number of methoxy groups -OCH3 is 1. The lowest BCUT2D eigenvalue weighted by Crippen LogP contribution is -2.27. The summed E-state index contributed by atoms with van der Waals surface area (Å²) in [5.41, 5.74) is 3.54. The molecule has 2 aromatic heterocycles. The summed E-state index contributed by atoms with van der Waals surface area (Å²) in [7, 11) is 3.69. The Morgan fingerprint density at radius 1 is 1.16 bits per heavy atom. The van der Waals surface area contributed by atoms with Crippen LogP contribution in [0.3, 0.4) is 0 Å². The van der Waals surface area contributed by atoms with Gasteiger partial charge in [-0.25, -0.2) is 4.98 Å². The summed E-state index contributed by atoms with van der Waals surface area (Å²) in [5.74, 6) is 2.52. The SMILES string of the molecule is COc1cc2c(cc1C(=O)Nc1cccc(-c3nnc4n3C(C)(C)CC4)n1)CN(C)CC2. The molecule has 0 radical (unpaired) electrons. The first-order valence-corrected chi connectivity index (χ1v) is 11.0. The molecule has 0 aliphatic carbocycles. The van der Waals surface area contributed by atoms with Gasteiger partial charge >= 0.3 is 0 Å². The van der Waals surface area contributed by atoms with Crippen molar-refractivity contribution in [1.82, 2.24) is 24.6 Å². The van der Waals surface area contributed by atoms with Gasteiger partial charge in [0.25, 0.3) is 5.91 Å². The number of aryl methyl sites for hydroxylation is 1. The minimum atomic E-state index is -0.241. The number of nitrogens with zero attached hydrogens (tertiary/aromatic N) is 5. The van der Waals surface area contributed by atoms with E-state index in [1.807, 2.05) is 24.3 Å². The molecule has 2 aliphatic heterocycles. The number of ether oxygens (including phenoxy) is 1. The lowest BCUT2D eigenvalue weighted by molar-refractivity contribution is 0.102. The van der Waals surface area contributed by atoms with Crippen molar-refractivity contribution in [1.29, 1.82) is 0 Å². The number of hydrogen-bond acceptors (Lipinski definition) is 6. The first-order valence-electron chi connectivity index (χ1n) is 11.0. The van der Waals surface area contributed by atoms with E-state index in [0.717, 1.165) is 49.6 Å². The number of rotatable bonds is 4. The second kappa shape index (κ2) is 7.70. The van der Waals surface area contributed by atoms with Gasteiger partial charge in [0.1, 0.15) is 23.1 Å². The van der Waals surface area contributed by atoms with E-state index in [-0.39, 0.29) is 11.4 Å². The summed E-state index contributed by atoms with van der Waals surface area (Å²) in [6, 6.07) is 9.49. The Morgan fingerprint density at radius 3 is 2.81 bits per heavy atom. The van der Waals surface area contributed by atoms with Crippen molar-refractivity contribution in [3.63, 3.8) is 0 Å². The van der Waals surface area contributed by atoms with Crippen LogP contribution in [-0.4, -0.2) is 51.3 Å². The molecule has 4 heterocycles. The highest BCUT2D eigenvalue weighted by atomic mass is 16.5. The van der Waals surface area contributed by atoms with E-state index in [9.17, 15) is 4.79 Å². The normalized spacial score (nSPS) is 17.0. The van der Waals surface area contributed by atoms with Gasteiger partial charge in [-0.2, -0.15) is 0 Å². The van der Waals surface area contributed by atoms with Gasteiger partial charge in [0, 0.05) is 25.0 Å². The third kappa shape index (κ3) is 3.54. The molecule has 0 unspecified atom stereocenters. The fourth-order valence-corrected chi connectivity index (χ4v) is 4.70. The van der Waals surface area contributed by atoms with Crippen molar-refractivity contribution < 1.29 is 9.53 Å². The van der Waals surface area contributed by atoms with Gasteiger partial charge in [0.05, 0.1) is 12.7 Å². The summed E-state index contributed by atoms with van der Waals surface area (Å²) in [5, 5.41) is 11.7. The third-order valence-corrected chi connectivity index (χ3v) is 6.49. The number of benzene rings is 1. The number of aromatic nitrogens is 4. The Bertz CT molecular complexity index is 1200. The molecule has 8 nitrogen and oxygen atoms in total. The molecule has 0 saturated heterocycles. The Balaban J connectivity index is 1.44. The Kier molecular flexibility index (Phi) is 4.97. The van der Waals surface area contributed by atoms with Crippen LogP contribution in [0.25, 0.3) is 11.5 Å². The number of anilines is 1. The second-order valence-corrected chi connectivity index (χ2v) is 9.26. The topological polar surface area (TPSA) is 85.2 Å². The zero-order valence-corrected chi connectivity index (χ0v) is 19.0. The molecule has 166 valence electrons. The molecular formula is C24H28N6O2. The van der Waals surface area contributed by atoms with Crippen LogP contribution in [-0.2, 0) is 24.9 Å². The van der Waals surface area contributed by atoms with E-state index in [0.29, 0.717) is 22.8 Å². The van der Waals surface area contributed by atoms with Crippen molar-refractivity contribution in [3.8, 4) is 17.3 Å². The highest BCUT2D eigenvalue weighted by Gasteiger charge is 2.34. The van der Waals surface area contributed by atoms with Crippen molar-refractivity contribution in [2.24, 2.45) is 0 Å². The molecule has 0 saturated carbocycles. The molecule has 1 N–H and O–H groups in total. The number of pyridine rings is 1. The predicted octanol–water partition coefficient (Wildman–Crippen LogP) is 3.27. The van der Waals surface area contributed by atoms with Crippen LogP contribution in [0.5, 0.6) is 5.75 Å². The van der Waals surface area contributed by atoms with Crippen molar-refractivity contribution in [3.05, 3.63) is 52.8 Å². The highest BCUT2D eigenvalue weighted by molar-refractivity contribution is 6.06. The van der Waals surface area contributed by atoms with E-state index >= 15 is 0 Å². The van der Waals surface area contributed by atoms with Gasteiger partial charge in [0.2, 0.25) is 0 Å². The molecular weight excluding hydrogens is 404 g/mol. The van der Waals surface area contributed by atoms with Gasteiger partial charge in [-0.3, -0.25) is 4.79 Å². The number of fused-ring (bicyclic) bond motifs is 2. The Labute approximate surface area is 187 Å². The lowest BCUT2D eigenvalue weighted by Gasteiger charge is -2.26. The molecule has 1 aromatic carbocycles. The number of hydrogen-bond donors (Lipinski definition) is 1. The van der Waals surface area contributed by atoms with E-state index in [1.165, 1.54) is 5.56 Å². The number of carbonyl (C=O) groups excluding carboxylic acids is 1. The molecule has 2 aliphatic rings. The van der Waals surface area contributed by atoms with Gasteiger partial charge < -0.3 is 19.5 Å². The molecule has 0 bridgehead atoms. The maximum absolute atomic E-state index is 13.2. The molecule has 5 rings (SSSR count). The first kappa shape index (κ1) is 20.6. The van der Waals surface area contributed by atoms with Crippen LogP contribution in [0, 0.1) is 0 Å². The minimum Gasteiger partial charge on any atom is -0.496 e. The molecule has 3 aromatic rings. The van der Waals surface area contributed by atoms with Crippen LogP contribution in [0.1, 0.15) is 47.6 Å². The summed E-state index contributed by atoms with van der Waals surface area (Å²) in [4.78, 5) is 20.1. The number of nitrogens with one attached hydrogen (secondary N) is 1. The molecule has 0 atom stereocenters. The zero-order valence-electron chi connectivity index (χ0n) is 19.0. The molecule has 0 spiro atoms. The quantitative estimate of drug-likeness (QED) is 0.681. The second-order valence-electron chi connectivity index (χ2n) is 9.26. The van der Waals surface area contributed by atoms with Gasteiger partial charge in [-0.1, -0.05) is 6.07 Å². The van der Waals surface area contributed by atoms with Gasteiger partial charge in [-0.05, 0) is 69.1 Å². The smallest absolute Gasteiger partial charge is 0.260 e. The first-order chi connectivity index (χ1) is 15.4. The molecule has 1 amide bonds. The van der Waals surface area contributed by atoms with Crippen molar-refractivity contribution >= 4 is 11.7 Å². The summed E-state index contributed by atoms with van der Waals surface area (Å²) in [6.45, 7) is 6.19. The van der Waals surface area contributed by atoms with E-state index in [1.54, 1.807) is 13.2 Å². The largest absolute Gasteiger partial charge is 0.496 e. The average Bonchev–Trinajstić information content (AvgIpc) is 3.34. The van der Waals surface area contributed by atoms with E-state index in [4.69, 9.17) is 4.74 Å². The van der Waals surface area contributed by atoms with Gasteiger partial charge in [-0.15, -0.1) is 10.2 Å². The minimum absolute atomic E-state index is 0.0568. The summed E-state index contributed by atoms with van der Waals surface area (Å²) in [6.07, 6.45) is 2.88. The average molecular weight is 433 g/mol. The molecule has 0 fully saturated rings. The number of amides is 1. The van der Waals surface area contributed by atoms with Crippen LogP contribution in [0.4, 0.5) is 5.82 Å². The van der Waals surface area contributed by atoms with E-state index in [2.05, 4.69) is 50.9 Å². The fourth-order valence-electron chi connectivity index (χ4n) is 4.70. The standard InChI is InChI=1S/C24H28N6O2/c1-24(2)10-8-21-27-28-22(30(21)24)18-6-5-7-20(25-18)26-23(31)17-12-16-14-29(3)11-9-15(16)13-19(17)32-4/h5-7,12-13H,8-11,14H2,1-4H3,(H,25,26,31). The molecule has 32 heavy (non-hydrogen) atoms. The summed E-state index contributed by atoms with van der Waals surface area (Å²) < 4.78 is 7.69. The lowest BCUT2D eigenvalue weighted by atomic mass is 9.96. The van der Waals surface area contributed by atoms with Crippen LogP contribution in [0.15, 0.2) is 30.3 Å². The highest BCUT2D eigenvalue weighted by Crippen LogP contribution is 2.35. The van der Waals surface area contributed by atoms with Crippen LogP contribution in [0.2, 0.25) is 0 Å². The monoisotopic (exact) mass is 432 g/mol. The molecule has 8 heteroatoms. The van der Waals surface area contributed by atoms with E-state index < -0.39 is 0 Å². The maximum Gasteiger partial charge on any atom is 0.260 e. The Hall–Kier alpha value is -3.26. The van der Waals surface area contributed by atoms with Crippen LogP contribution < -0.4 is 10.1 Å². The number of carbonyl (C=O) groups is 1. The zero-order chi connectivity index (χ0) is 22.5. The third-order valence-electron chi connectivity index (χ3n) is 6.49. The number of likely N-dealkylation sites (N-methyl/N-ethyl adjacent to an activating group) is 1. The van der Waals surface area contributed by atoms with Gasteiger partial charge in [0.15, 0.2) is 5.82 Å². The van der Waals surface area contributed by atoms with Crippen molar-refractivity contribution in [2.45, 2.75) is 45.2 Å². The van der Waals surface area contributed by atoms with Crippen LogP contribution >= 0.6 is 0 Å². The predicted molar refractivity (Wildman–Crippen MR) is 122 cm³/mol. The summed E-state index contributed by atoms with van der Waals surface area (Å²) >= 11 is 0. The maximum atomic E-state index is 13.2. The van der Waals surface area contributed by atoms with Crippen molar-refractivity contribution in [2.75, 3.05) is 26.0 Å². The Morgan fingerprint density at radius 2 is 2.00 bits per heavy atom.